The number of ether oxygens (including phenoxy) is 1. The van der Waals surface area contributed by atoms with Gasteiger partial charge in [-0.3, -0.25) is 4.79 Å². The van der Waals surface area contributed by atoms with Gasteiger partial charge in [-0.05, 0) is 41.0 Å². The summed E-state index contributed by atoms with van der Waals surface area (Å²) in [6.45, 7) is 2.69. The second kappa shape index (κ2) is 9.77. The van der Waals surface area contributed by atoms with Crippen LogP contribution < -0.4 is 0 Å². The molecule has 0 N–H and O–H groups in total. The molecule has 1 aliphatic rings. The Morgan fingerprint density at radius 1 is 0.882 bits per heavy atom. The molecule has 4 aromatic rings. The van der Waals surface area contributed by atoms with E-state index in [4.69, 9.17) is 4.74 Å². The van der Waals surface area contributed by atoms with E-state index in [-0.39, 0.29) is 24.0 Å². The highest BCUT2D eigenvalue weighted by Crippen LogP contribution is 2.36. The lowest BCUT2D eigenvalue weighted by molar-refractivity contribution is -0.135. The van der Waals surface area contributed by atoms with Crippen molar-refractivity contribution in [2.75, 3.05) is 26.3 Å². The molecule has 34 heavy (non-hydrogen) atoms. The monoisotopic (exact) mass is 460 g/mol. The van der Waals surface area contributed by atoms with Crippen molar-refractivity contribution in [3.63, 3.8) is 0 Å². The van der Waals surface area contributed by atoms with Gasteiger partial charge in [-0.1, -0.05) is 48.5 Å². The second-order valence-electron chi connectivity index (χ2n) is 8.63. The van der Waals surface area contributed by atoms with Crippen LogP contribution in [0.2, 0.25) is 0 Å². The van der Waals surface area contributed by atoms with E-state index in [9.17, 15) is 9.18 Å². The number of benzene rings is 3. The van der Waals surface area contributed by atoms with Crippen LogP contribution in [0.25, 0.3) is 10.9 Å². The zero-order chi connectivity index (χ0) is 23.5. The minimum absolute atomic E-state index is 0.00748. The molecule has 0 aliphatic carbocycles. The molecule has 0 bridgehead atoms. The number of halogens is 2. The molecule has 1 atom stereocenters. The van der Waals surface area contributed by atoms with Crippen LogP contribution in [-0.4, -0.2) is 41.7 Å². The van der Waals surface area contributed by atoms with E-state index < -0.39 is 5.92 Å². The number of morpholine rings is 1. The average molecular weight is 461 g/mol. The Bertz CT molecular complexity index is 1290. The van der Waals surface area contributed by atoms with Crippen LogP contribution in [0, 0.1) is 11.6 Å². The highest BCUT2D eigenvalue weighted by atomic mass is 19.1. The Balaban J connectivity index is 1.57. The van der Waals surface area contributed by atoms with E-state index in [2.05, 4.69) is 4.57 Å². The molecule has 1 amide bonds. The summed E-state index contributed by atoms with van der Waals surface area (Å²) in [4.78, 5) is 15.0. The zero-order valence-corrected chi connectivity index (χ0v) is 18.8. The summed E-state index contributed by atoms with van der Waals surface area (Å²) in [5.41, 5.74) is 3.36. The van der Waals surface area contributed by atoms with Crippen molar-refractivity contribution in [1.82, 2.24) is 9.47 Å². The summed E-state index contributed by atoms with van der Waals surface area (Å²) in [5.74, 6) is -1.04. The number of carbonyl (C=O) groups excluding carboxylic acids is 1. The van der Waals surface area contributed by atoms with Crippen molar-refractivity contribution in [2.45, 2.75) is 18.9 Å². The van der Waals surface area contributed by atoms with Gasteiger partial charge < -0.3 is 14.2 Å². The zero-order valence-electron chi connectivity index (χ0n) is 18.8. The van der Waals surface area contributed by atoms with Gasteiger partial charge in [0.25, 0.3) is 0 Å². The molecule has 4 nitrogen and oxygen atoms in total. The maximum atomic E-state index is 15.0. The second-order valence-corrected chi connectivity index (χ2v) is 8.63. The van der Waals surface area contributed by atoms with E-state index in [0.29, 0.717) is 38.4 Å². The number of hydrogen-bond donors (Lipinski definition) is 0. The maximum absolute atomic E-state index is 15.0. The first kappa shape index (κ1) is 22.3. The minimum atomic E-state index is -0.434. The summed E-state index contributed by atoms with van der Waals surface area (Å²) < 4.78 is 35.9. The van der Waals surface area contributed by atoms with Crippen molar-refractivity contribution in [1.29, 1.82) is 0 Å². The van der Waals surface area contributed by atoms with Gasteiger partial charge in [-0.2, -0.15) is 0 Å². The van der Waals surface area contributed by atoms with Gasteiger partial charge >= 0.3 is 0 Å². The summed E-state index contributed by atoms with van der Waals surface area (Å²) >= 11 is 0. The minimum Gasteiger partial charge on any atom is -0.378 e. The molecule has 0 unspecified atom stereocenters. The Morgan fingerprint density at radius 3 is 2.35 bits per heavy atom. The normalized spacial score (nSPS) is 14.9. The third kappa shape index (κ3) is 4.59. The molecule has 1 saturated heterocycles. The van der Waals surface area contributed by atoms with Crippen LogP contribution in [0.5, 0.6) is 0 Å². The molecule has 0 saturated carbocycles. The number of para-hydroxylation sites is 1. The predicted octanol–water partition coefficient (Wildman–Crippen LogP) is 5.35. The van der Waals surface area contributed by atoms with Gasteiger partial charge in [0.15, 0.2) is 0 Å². The largest absolute Gasteiger partial charge is 0.378 e. The number of aromatic nitrogens is 1. The molecule has 174 valence electrons. The first-order valence-corrected chi connectivity index (χ1v) is 11.5. The van der Waals surface area contributed by atoms with Crippen LogP contribution in [-0.2, 0) is 16.1 Å². The highest BCUT2D eigenvalue weighted by Gasteiger charge is 2.27. The van der Waals surface area contributed by atoms with Gasteiger partial charge in [-0.25, -0.2) is 8.78 Å². The summed E-state index contributed by atoms with van der Waals surface area (Å²) in [6, 6.07) is 21.1. The smallest absolute Gasteiger partial charge is 0.223 e. The van der Waals surface area contributed by atoms with Gasteiger partial charge in [-0.15, -0.1) is 0 Å². The van der Waals surface area contributed by atoms with Crippen LogP contribution in [0.15, 0.2) is 79.0 Å². The van der Waals surface area contributed by atoms with Crippen LogP contribution >= 0.6 is 0 Å². The molecule has 3 aromatic carbocycles. The van der Waals surface area contributed by atoms with Gasteiger partial charge in [0.2, 0.25) is 5.91 Å². The third-order valence-electron chi connectivity index (χ3n) is 6.48. The lowest BCUT2D eigenvalue weighted by Crippen LogP contribution is -2.41. The molecule has 0 spiro atoms. The Kier molecular flexibility index (Phi) is 6.41. The van der Waals surface area contributed by atoms with Crippen molar-refractivity contribution in [3.8, 4) is 0 Å². The van der Waals surface area contributed by atoms with Crippen molar-refractivity contribution in [3.05, 3.63) is 107 Å². The Morgan fingerprint density at radius 2 is 1.59 bits per heavy atom. The predicted molar refractivity (Wildman–Crippen MR) is 128 cm³/mol. The quantitative estimate of drug-likeness (QED) is 0.389. The maximum Gasteiger partial charge on any atom is 0.223 e. The molecule has 1 aliphatic heterocycles. The topological polar surface area (TPSA) is 34.5 Å². The van der Waals surface area contributed by atoms with Crippen molar-refractivity contribution in [2.24, 2.45) is 0 Å². The van der Waals surface area contributed by atoms with E-state index in [1.807, 2.05) is 36.5 Å². The van der Waals surface area contributed by atoms with Crippen LogP contribution in [0.1, 0.15) is 29.0 Å². The SMILES string of the molecule is O=C(C[C@H](c1ccccc1F)c1cn(Cc2ccc(F)cc2)c2ccccc12)N1CCOCC1. The van der Waals surface area contributed by atoms with E-state index >= 15 is 4.39 Å². The number of hydrogen-bond acceptors (Lipinski definition) is 2. The summed E-state index contributed by atoms with van der Waals surface area (Å²) in [5, 5.41) is 0.979. The number of nitrogens with zero attached hydrogens (tertiary/aromatic N) is 2. The molecule has 0 radical (unpaired) electrons. The Hall–Kier alpha value is -3.51. The van der Waals surface area contributed by atoms with Gasteiger partial charge in [0.1, 0.15) is 11.6 Å². The van der Waals surface area contributed by atoms with Crippen LogP contribution in [0.4, 0.5) is 8.78 Å². The third-order valence-corrected chi connectivity index (χ3v) is 6.48. The molecular weight excluding hydrogens is 434 g/mol. The first-order chi connectivity index (χ1) is 16.6. The van der Waals surface area contributed by atoms with Crippen LogP contribution in [0.3, 0.4) is 0 Å². The first-order valence-electron chi connectivity index (χ1n) is 11.5. The fourth-order valence-corrected chi connectivity index (χ4v) is 4.73. The molecule has 1 fully saturated rings. The average Bonchev–Trinajstić information content (AvgIpc) is 3.23. The van der Waals surface area contributed by atoms with Gasteiger partial charge in [0.05, 0.1) is 13.2 Å². The van der Waals surface area contributed by atoms with E-state index in [1.54, 1.807) is 29.2 Å². The molecule has 2 heterocycles. The summed E-state index contributed by atoms with van der Waals surface area (Å²) in [7, 11) is 0. The standard InChI is InChI=1S/C28H26F2N2O2/c29-21-11-9-20(10-12-21)18-32-19-25(23-6-2-4-8-27(23)32)24(22-5-1-3-7-26(22)30)17-28(33)31-13-15-34-16-14-31/h1-12,19,24H,13-18H2/t24-/m1/s1. The number of carbonyl (C=O) groups is 1. The molecule has 5 rings (SSSR count). The Labute approximate surface area is 197 Å². The number of fused-ring (bicyclic) bond motifs is 1. The van der Waals surface area contributed by atoms with E-state index in [0.717, 1.165) is 22.0 Å². The lowest BCUT2D eigenvalue weighted by atomic mass is 9.87. The molecule has 6 heteroatoms. The van der Waals surface area contributed by atoms with Crippen molar-refractivity contribution >= 4 is 16.8 Å². The molecule has 1 aromatic heterocycles. The van der Waals surface area contributed by atoms with Crippen molar-refractivity contribution < 1.29 is 18.3 Å². The number of amides is 1. The number of rotatable bonds is 6. The molecular formula is C28H26F2N2O2. The van der Waals surface area contributed by atoms with Gasteiger partial charge in [0, 0.05) is 49.1 Å². The van der Waals surface area contributed by atoms with E-state index in [1.165, 1.54) is 18.2 Å². The fourth-order valence-electron chi connectivity index (χ4n) is 4.73. The summed E-state index contributed by atoms with van der Waals surface area (Å²) in [6.07, 6.45) is 2.18. The lowest BCUT2D eigenvalue weighted by Gasteiger charge is -2.28. The highest BCUT2D eigenvalue weighted by molar-refractivity contribution is 5.87. The fraction of sp³-hybridized carbons (Fsp3) is 0.250.